The zero-order valence-corrected chi connectivity index (χ0v) is 5.13. The average Bonchev–Trinajstić information content (AvgIpc) is 1.85. The van der Waals surface area contributed by atoms with Crippen LogP contribution >= 0.6 is 0 Å². The van der Waals surface area contributed by atoms with Crippen molar-refractivity contribution in [3.63, 3.8) is 0 Å². The summed E-state index contributed by atoms with van der Waals surface area (Å²) >= 11 is 0. The van der Waals surface area contributed by atoms with Gasteiger partial charge < -0.3 is 16.2 Å². The van der Waals surface area contributed by atoms with Crippen LogP contribution in [0.15, 0.2) is 0 Å². The number of nitrogens with one attached hydrogen (secondary N) is 1. The van der Waals surface area contributed by atoms with Gasteiger partial charge in [0.25, 0.3) is 0 Å². The van der Waals surface area contributed by atoms with E-state index in [0.29, 0.717) is 13.1 Å². The fourth-order valence-corrected chi connectivity index (χ4v) is 0.350. The first kappa shape index (κ1) is 8.39. The van der Waals surface area contributed by atoms with Crippen LogP contribution in [0.3, 0.4) is 0 Å². The van der Waals surface area contributed by atoms with E-state index in [9.17, 15) is 4.79 Å². The summed E-state index contributed by atoms with van der Waals surface area (Å²) in [6.45, 7) is 0.650. The summed E-state index contributed by atoms with van der Waals surface area (Å²) in [6.07, 6.45) is 1.15. The first-order valence-corrected chi connectivity index (χ1v) is 2.73. The Kier molecular flexibility index (Phi) is 5.15. The Morgan fingerprint density at radius 3 is 2.89 bits per heavy atom. The molecule has 0 aliphatic heterocycles. The molecular formula is C5H11N2O2. The van der Waals surface area contributed by atoms with E-state index in [1.807, 2.05) is 0 Å². The van der Waals surface area contributed by atoms with Gasteiger partial charge in [0.15, 0.2) is 0 Å². The van der Waals surface area contributed by atoms with Gasteiger partial charge >= 0.3 is 0 Å². The van der Waals surface area contributed by atoms with E-state index >= 15 is 0 Å². The molecule has 0 atom stereocenters. The van der Waals surface area contributed by atoms with Crippen molar-refractivity contribution >= 4 is 5.91 Å². The molecule has 4 nitrogen and oxygen atoms in total. The molecule has 0 saturated heterocycles. The fourth-order valence-electron chi connectivity index (χ4n) is 0.350. The van der Waals surface area contributed by atoms with Gasteiger partial charge in [-0.3, -0.25) is 4.79 Å². The highest BCUT2D eigenvalue weighted by Gasteiger charge is 1.95. The third-order valence-electron chi connectivity index (χ3n) is 0.720. The van der Waals surface area contributed by atoms with Crippen molar-refractivity contribution in [1.82, 2.24) is 5.32 Å². The predicted molar refractivity (Wildman–Crippen MR) is 33.4 cm³/mol. The van der Waals surface area contributed by atoms with E-state index < -0.39 is 0 Å². The summed E-state index contributed by atoms with van der Waals surface area (Å²) in [5.74, 6) is -0.275. The summed E-state index contributed by atoms with van der Waals surface area (Å²) in [4.78, 5) is 10.4. The van der Waals surface area contributed by atoms with Gasteiger partial charge in [0.05, 0.1) is 13.0 Å². The first-order chi connectivity index (χ1) is 4.31. The van der Waals surface area contributed by atoms with Crippen LogP contribution in [0.5, 0.6) is 0 Å². The monoisotopic (exact) mass is 131 g/mol. The molecule has 0 heterocycles. The van der Waals surface area contributed by atoms with Crippen molar-refractivity contribution in [1.29, 1.82) is 0 Å². The van der Waals surface area contributed by atoms with Gasteiger partial charge in [-0.05, 0) is 0 Å². The molecular weight excluding hydrogens is 120 g/mol. The third kappa shape index (κ3) is 5.26. The van der Waals surface area contributed by atoms with Crippen molar-refractivity contribution in [2.24, 2.45) is 5.73 Å². The van der Waals surface area contributed by atoms with Gasteiger partial charge in [-0.25, -0.2) is 0 Å². The number of carbonyl (C=O) groups is 1. The zero-order chi connectivity index (χ0) is 7.11. The molecule has 0 aliphatic carbocycles. The molecule has 0 saturated carbocycles. The Hall–Kier alpha value is -0.610. The quantitative estimate of drug-likeness (QED) is 0.424. The summed E-state index contributed by atoms with van der Waals surface area (Å²) in [7, 11) is 0. The van der Waals surface area contributed by atoms with E-state index in [-0.39, 0.29) is 12.5 Å². The lowest BCUT2D eigenvalue weighted by atomic mass is 10.4. The number of carbonyl (C=O) groups excluding carboxylic acids is 1. The maximum Gasteiger partial charge on any atom is 0.226 e. The van der Waals surface area contributed by atoms with Crippen molar-refractivity contribution in [2.45, 2.75) is 0 Å². The molecule has 0 aromatic heterocycles. The minimum atomic E-state index is -0.275. The van der Waals surface area contributed by atoms with E-state index in [1.165, 1.54) is 0 Å². The molecule has 0 aromatic carbocycles. The Bertz CT molecular complexity index is 85.0. The number of aliphatic hydroxyl groups excluding tert-OH is 1. The molecule has 0 fully saturated rings. The Balaban J connectivity index is 3.06. The molecule has 53 valence electrons. The highest BCUT2D eigenvalue weighted by atomic mass is 16.3. The third-order valence-corrected chi connectivity index (χ3v) is 0.720. The van der Waals surface area contributed by atoms with Crippen molar-refractivity contribution in [2.75, 3.05) is 19.7 Å². The molecule has 1 amide bonds. The first-order valence-electron chi connectivity index (χ1n) is 2.73. The maximum atomic E-state index is 10.4. The number of amides is 1. The standard InChI is InChI=1S/C5H11N2O2/c6-2-3-7-5(9)1-4-8/h1,8H,2-4,6H2,(H,7,9). The second kappa shape index (κ2) is 5.53. The fraction of sp³-hybridized carbons (Fsp3) is 0.600. The lowest BCUT2D eigenvalue weighted by Gasteiger charge is -1.98. The molecule has 0 aliphatic rings. The molecule has 4 heteroatoms. The van der Waals surface area contributed by atoms with Gasteiger partial charge in [-0.1, -0.05) is 0 Å². The van der Waals surface area contributed by atoms with Crippen LogP contribution in [0.2, 0.25) is 0 Å². The van der Waals surface area contributed by atoms with Gasteiger partial charge in [0.2, 0.25) is 5.91 Å². The van der Waals surface area contributed by atoms with Crippen LogP contribution in [0, 0.1) is 6.42 Å². The van der Waals surface area contributed by atoms with E-state index in [2.05, 4.69) is 5.32 Å². The molecule has 0 spiro atoms. The lowest BCUT2D eigenvalue weighted by Crippen LogP contribution is -2.29. The highest BCUT2D eigenvalue weighted by molar-refractivity contribution is 5.84. The van der Waals surface area contributed by atoms with Crippen LogP contribution in [-0.2, 0) is 4.79 Å². The van der Waals surface area contributed by atoms with Crippen LogP contribution in [0.4, 0.5) is 0 Å². The zero-order valence-electron chi connectivity index (χ0n) is 5.13. The summed E-state index contributed by atoms with van der Waals surface area (Å²) in [5, 5.41) is 10.6. The predicted octanol–water partition coefficient (Wildman–Crippen LogP) is -1.74. The largest absolute Gasteiger partial charge is 0.396 e. The number of hydrogen-bond donors (Lipinski definition) is 3. The van der Waals surface area contributed by atoms with Crippen LogP contribution in [0.1, 0.15) is 0 Å². The molecule has 0 rings (SSSR count). The molecule has 0 unspecified atom stereocenters. The molecule has 0 bridgehead atoms. The van der Waals surface area contributed by atoms with Crippen LogP contribution in [0.25, 0.3) is 0 Å². The topological polar surface area (TPSA) is 75.3 Å². The Labute approximate surface area is 54.0 Å². The van der Waals surface area contributed by atoms with Gasteiger partial charge in [0, 0.05) is 13.1 Å². The second-order valence-corrected chi connectivity index (χ2v) is 1.47. The Morgan fingerprint density at radius 1 is 1.78 bits per heavy atom. The van der Waals surface area contributed by atoms with Crippen molar-refractivity contribution < 1.29 is 9.90 Å². The summed E-state index contributed by atoms with van der Waals surface area (Å²) in [6, 6.07) is 0. The van der Waals surface area contributed by atoms with Gasteiger partial charge in [0.1, 0.15) is 0 Å². The molecule has 4 N–H and O–H groups in total. The van der Waals surface area contributed by atoms with Gasteiger partial charge in [-0.15, -0.1) is 0 Å². The Morgan fingerprint density at radius 2 is 2.44 bits per heavy atom. The SMILES string of the molecule is NCCNC(=O)[CH]CO. The summed E-state index contributed by atoms with van der Waals surface area (Å²) in [5.41, 5.74) is 5.08. The second-order valence-electron chi connectivity index (χ2n) is 1.47. The van der Waals surface area contributed by atoms with Gasteiger partial charge in [-0.2, -0.15) is 0 Å². The minimum Gasteiger partial charge on any atom is -0.396 e. The van der Waals surface area contributed by atoms with Crippen molar-refractivity contribution in [3.8, 4) is 0 Å². The van der Waals surface area contributed by atoms with E-state index in [0.717, 1.165) is 6.42 Å². The minimum absolute atomic E-state index is 0.226. The van der Waals surface area contributed by atoms with E-state index in [1.54, 1.807) is 0 Å². The molecule has 0 aromatic rings. The normalized spacial score (nSPS) is 9.11. The molecule has 9 heavy (non-hydrogen) atoms. The smallest absolute Gasteiger partial charge is 0.226 e. The molecule has 1 radical (unpaired) electrons. The van der Waals surface area contributed by atoms with Crippen LogP contribution < -0.4 is 11.1 Å². The maximum absolute atomic E-state index is 10.4. The number of aliphatic hydroxyl groups is 1. The summed E-state index contributed by atoms with van der Waals surface area (Å²) < 4.78 is 0. The van der Waals surface area contributed by atoms with Crippen LogP contribution in [-0.4, -0.2) is 30.7 Å². The lowest BCUT2D eigenvalue weighted by molar-refractivity contribution is -0.118. The van der Waals surface area contributed by atoms with Crippen molar-refractivity contribution in [3.05, 3.63) is 6.42 Å². The number of nitrogens with two attached hydrogens (primary N) is 1. The highest BCUT2D eigenvalue weighted by Crippen LogP contribution is 1.71. The average molecular weight is 131 g/mol. The van der Waals surface area contributed by atoms with E-state index in [4.69, 9.17) is 10.8 Å². The number of hydrogen-bond acceptors (Lipinski definition) is 3. The number of rotatable bonds is 4.